The molecular weight excluding hydrogens is 178 g/mol. The van der Waals surface area contributed by atoms with E-state index in [0.717, 1.165) is 11.0 Å². The molecule has 0 radical (unpaired) electrons. The summed E-state index contributed by atoms with van der Waals surface area (Å²) in [5, 5.41) is 0. The molecule has 0 aromatic heterocycles. The highest BCUT2D eigenvalue weighted by molar-refractivity contribution is 6.07. The van der Waals surface area contributed by atoms with E-state index < -0.39 is 11.4 Å². The molecule has 3 heteroatoms. The van der Waals surface area contributed by atoms with Crippen LogP contribution in [0, 0.1) is 0 Å². The normalized spacial score (nSPS) is 10.6. The van der Waals surface area contributed by atoms with Gasteiger partial charge >= 0.3 is 0 Å². The third kappa shape index (κ3) is 2.83. The largest absolute Gasteiger partial charge is 0.270 e. The average Bonchev–Trinajstić information content (AvgIpc) is 2.01. The molecule has 3 nitrogen and oxygen atoms in total. The molecular formula is C11H17NO2. The maximum absolute atomic E-state index is 11.6. The first kappa shape index (κ1) is 12.6. The van der Waals surface area contributed by atoms with Crippen LogP contribution in [0.4, 0.5) is 0 Å². The predicted molar refractivity (Wildman–Crippen MR) is 56.6 cm³/mol. The van der Waals surface area contributed by atoms with Gasteiger partial charge in [-0.15, -0.1) is 0 Å². The van der Waals surface area contributed by atoms with E-state index in [9.17, 15) is 9.59 Å². The average molecular weight is 195 g/mol. The van der Waals surface area contributed by atoms with Crippen LogP contribution in [0.15, 0.2) is 24.8 Å². The van der Waals surface area contributed by atoms with Crippen molar-refractivity contribution in [2.75, 3.05) is 0 Å². The van der Waals surface area contributed by atoms with Gasteiger partial charge in [0.15, 0.2) is 0 Å². The van der Waals surface area contributed by atoms with Gasteiger partial charge in [-0.2, -0.15) is 0 Å². The third-order valence-corrected chi connectivity index (χ3v) is 1.63. The van der Waals surface area contributed by atoms with Gasteiger partial charge in [0.2, 0.25) is 0 Å². The molecule has 0 saturated heterocycles. The maximum Gasteiger partial charge on any atom is 0.256 e. The quantitative estimate of drug-likeness (QED) is 0.631. The Morgan fingerprint density at radius 3 is 1.93 bits per heavy atom. The van der Waals surface area contributed by atoms with Crippen LogP contribution in [0.3, 0.4) is 0 Å². The zero-order valence-electron chi connectivity index (χ0n) is 9.26. The standard InChI is InChI=1S/C11H17NO2/c1-7-9(13)12(11(4,5)6)10(14)8(2)3/h7H,1-2H2,3-6H3. The van der Waals surface area contributed by atoms with Gasteiger partial charge in [0.25, 0.3) is 11.8 Å². The van der Waals surface area contributed by atoms with Crippen molar-refractivity contribution < 1.29 is 9.59 Å². The number of amides is 2. The summed E-state index contributed by atoms with van der Waals surface area (Å²) < 4.78 is 0. The Balaban J connectivity index is 5.12. The van der Waals surface area contributed by atoms with Crippen LogP contribution in [0.1, 0.15) is 27.7 Å². The summed E-state index contributed by atoms with van der Waals surface area (Å²) in [4.78, 5) is 24.3. The van der Waals surface area contributed by atoms with Crippen LogP contribution in [-0.2, 0) is 9.59 Å². The molecule has 0 N–H and O–H groups in total. The molecule has 0 aliphatic carbocycles. The van der Waals surface area contributed by atoms with Gasteiger partial charge in [0, 0.05) is 11.1 Å². The van der Waals surface area contributed by atoms with Gasteiger partial charge in [0.1, 0.15) is 0 Å². The van der Waals surface area contributed by atoms with Gasteiger partial charge in [0.05, 0.1) is 0 Å². The molecule has 0 bridgehead atoms. The molecule has 0 rings (SSSR count). The minimum absolute atomic E-state index is 0.343. The summed E-state index contributed by atoms with van der Waals surface area (Å²) in [7, 11) is 0. The lowest BCUT2D eigenvalue weighted by Crippen LogP contribution is -2.49. The summed E-state index contributed by atoms with van der Waals surface area (Å²) in [5.41, 5.74) is -0.212. The Labute approximate surface area is 85.1 Å². The highest BCUT2D eigenvalue weighted by atomic mass is 16.2. The molecule has 2 amide bonds. The molecule has 0 unspecified atom stereocenters. The van der Waals surface area contributed by atoms with E-state index in [1.54, 1.807) is 27.7 Å². The van der Waals surface area contributed by atoms with E-state index in [0.29, 0.717) is 5.57 Å². The molecule has 0 aliphatic heterocycles. The number of imide groups is 1. The molecule has 0 spiro atoms. The second kappa shape index (κ2) is 4.22. The van der Waals surface area contributed by atoms with Crippen molar-refractivity contribution in [3.05, 3.63) is 24.8 Å². The second-order valence-corrected chi connectivity index (χ2v) is 4.13. The molecule has 78 valence electrons. The minimum Gasteiger partial charge on any atom is -0.270 e. The Morgan fingerprint density at radius 2 is 1.71 bits per heavy atom. The van der Waals surface area contributed by atoms with E-state index in [1.807, 2.05) is 0 Å². The lowest BCUT2D eigenvalue weighted by atomic mass is 10.0. The Morgan fingerprint density at radius 1 is 1.29 bits per heavy atom. The van der Waals surface area contributed by atoms with E-state index in [2.05, 4.69) is 13.2 Å². The highest BCUT2D eigenvalue weighted by Gasteiger charge is 2.30. The number of carbonyl (C=O) groups excluding carboxylic acids is 2. The lowest BCUT2D eigenvalue weighted by Gasteiger charge is -2.33. The summed E-state index contributed by atoms with van der Waals surface area (Å²) >= 11 is 0. The van der Waals surface area contributed by atoms with Crippen molar-refractivity contribution >= 4 is 11.8 Å². The van der Waals surface area contributed by atoms with Crippen LogP contribution in [0.5, 0.6) is 0 Å². The first-order valence-electron chi connectivity index (χ1n) is 4.38. The highest BCUT2D eigenvalue weighted by Crippen LogP contribution is 2.16. The van der Waals surface area contributed by atoms with Gasteiger partial charge < -0.3 is 0 Å². The van der Waals surface area contributed by atoms with Crippen LogP contribution < -0.4 is 0 Å². The Bertz CT molecular complexity index is 284. The Hall–Kier alpha value is -1.38. The molecule has 0 aliphatic rings. The molecule has 0 atom stereocenters. The topological polar surface area (TPSA) is 37.4 Å². The number of rotatable bonds is 2. The molecule has 0 aromatic rings. The number of carbonyl (C=O) groups is 2. The monoisotopic (exact) mass is 195 g/mol. The SMILES string of the molecule is C=CC(=O)N(C(=O)C(=C)C)C(C)(C)C. The number of nitrogens with zero attached hydrogens (tertiary/aromatic N) is 1. The van der Waals surface area contributed by atoms with Crippen molar-refractivity contribution in [2.24, 2.45) is 0 Å². The molecule has 0 aromatic carbocycles. The molecule has 0 heterocycles. The number of hydrogen-bond donors (Lipinski definition) is 0. The first-order valence-corrected chi connectivity index (χ1v) is 4.38. The van der Waals surface area contributed by atoms with Crippen molar-refractivity contribution in [1.82, 2.24) is 4.90 Å². The molecule has 0 saturated carbocycles. The zero-order chi connectivity index (χ0) is 11.5. The van der Waals surface area contributed by atoms with E-state index in [1.165, 1.54) is 0 Å². The van der Waals surface area contributed by atoms with Crippen molar-refractivity contribution in [1.29, 1.82) is 0 Å². The van der Waals surface area contributed by atoms with Crippen LogP contribution >= 0.6 is 0 Å². The smallest absolute Gasteiger partial charge is 0.256 e. The van der Waals surface area contributed by atoms with Crippen molar-refractivity contribution in [3.8, 4) is 0 Å². The zero-order valence-corrected chi connectivity index (χ0v) is 9.26. The van der Waals surface area contributed by atoms with Gasteiger partial charge in [-0.25, -0.2) is 0 Å². The van der Waals surface area contributed by atoms with Crippen molar-refractivity contribution in [3.63, 3.8) is 0 Å². The van der Waals surface area contributed by atoms with E-state index >= 15 is 0 Å². The summed E-state index contributed by atoms with van der Waals surface area (Å²) in [6, 6.07) is 0. The van der Waals surface area contributed by atoms with Gasteiger partial charge in [-0.3, -0.25) is 14.5 Å². The van der Waals surface area contributed by atoms with Crippen molar-refractivity contribution in [2.45, 2.75) is 33.2 Å². The van der Waals surface area contributed by atoms with Crippen LogP contribution in [-0.4, -0.2) is 22.3 Å². The summed E-state index contributed by atoms with van der Waals surface area (Å²) in [6.07, 6.45) is 1.13. The maximum atomic E-state index is 11.6. The van der Waals surface area contributed by atoms with Gasteiger partial charge in [-0.05, 0) is 33.8 Å². The fourth-order valence-corrected chi connectivity index (χ4v) is 1.02. The van der Waals surface area contributed by atoms with Gasteiger partial charge in [-0.1, -0.05) is 13.2 Å². The molecule has 0 fully saturated rings. The summed E-state index contributed by atoms with van der Waals surface area (Å²) in [6.45, 7) is 13.8. The second-order valence-electron chi connectivity index (χ2n) is 4.13. The fraction of sp³-hybridized carbons (Fsp3) is 0.455. The summed E-state index contributed by atoms with van der Waals surface area (Å²) in [5.74, 6) is -0.757. The first-order chi connectivity index (χ1) is 6.21. The number of hydrogen-bond acceptors (Lipinski definition) is 2. The van der Waals surface area contributed by atoms with E-state index in [-0.39, 0.29) is 5.91 Å². The predicted octanol–water partition coefficient (Wildman–Crippen LogP) is 1.90. The Kier molecular flexibility index (Phi) is 3.81. The van der Waals surface area contributed by atoms with E-state index in [4.69, 9.17) is 0 Å². The lowest BCUT2D eigenvalue weighted by molar-refractivity contribution is -0.144. The van der Waals surface area contributed by atoms with Crippen LogP contribution in [0.2, 0.25) is 0 Å². The fourth-order valence-electron chi connectivity index (χ4n) is 1.02. The third-order valence-electron chi connectivity index (χ3n) is 1.63. The molecule has 14 heavy (non-hydrogen) atoms. The minimum atomic E-state index is -0.554. The van der Waals surface area contributed by atoms with Crippen LogP contribution in [0.25, 0.3) is 0 Å².